The third-order valence-electron chi connectivity index (χ3n) is 7.73. The second kappa shape index (κ2) is 10.2. The molecule has 5 heterocycles. The molecule has 3 saturated heterocycles. The van der Waals surface area contributed by atoms with Crippen molar-refractivity contribution in [2.45, 2.75) is 38.4 Å². The Morgan fingerprint density at radius 3 is 2.46 bits per heavy atom. The van der Waals surface area contributed by atoms with Gasteiger partial charge in [-0.25, -0.2) is 19.7 Å². The minimum Gasteiger partial charge on any atom is -0.476 e. The minimum absolute atomic E-state index is 0.0963. The predicted molar refractivity (Wildman–Crippen MR) is 155 cm³/mol. The Bertz CT molecular complexity index is 1770. The van der Waals surface area contributed by atoms with Gasteiger partial charge in [0, 0.05) is 24.3 Å². The highest BCUT2D eigenvalue weighted by molar-refractivity contribution is 6.29. The highest BCUT2D eigenvalue weighted by atomic mass is 35.5. The molecule has 2 aromatic carbocycles. The molecule has 0 radical (unpaired) electrons. The maximum absolute atomic E-state index is 11.8. The van der Waals surface area contributed by atoms with Gasteiger partial charge in [-0.1, -0.05) is 17.7 Å². The molecule has 3 aliphatic heterocycles. The first-order valence-corrected chi connectivity index (χ1v) is 13.6. The molecular weight excluding hydrogens is 540 g/mol. The molecule has 2 aromatic heterocycles. The number of hydrogen-bond acceptors (Lipinski definition) is 9. The molecule has 2 unspecified atom stereocenters. The van der Waals surface area contributed by atoms with E-state index in [0.29, 0.717) is 28.1 Å². The van der Waals surface area contributed by atoms with Gasteiger partial charge in [0.05, 0.1) is 46.5 Å². The molecule has 0 amide bonds. The molecule has 41 heavy (non-hydrogen) atoms. The summed E-state index contributed by atoms with van der Waals surface area (Å²) in [5, 5.41) is 32.1. The van der Waals surface area contributed by atoms with E-state index >= 15 is 0 Å². The summed E-state index contributed by atoms with van der Waals surface area (Å²) in [6.07, 6.45) is 0.998. The van der Waals surface area contributed by atoms with Gasteiger partial charge in [-0.15, -0.1) is 0 Å². The molecule has 0 aliphatic carbocycles. The van der Waals surface area contributed by atoms with E-state index in [-0.39, 0.29) is 34.7 Å². The van der Waals surface area contributed by atoms with Gasteiger partial charge in [-0.2, -0.15) is 10.5 Å². The average Bonchev–Trinajstić information content (AvgIpc) is 2.97. The first-order valence-electron chi connectivity index (χ1n) is 13.2. The molecular formula is C30H25ClN8O2. The Morgan fingerprint density at radius 1 is 1.07 bits per heavy atom. The largest absolute Gasteiger partial charge is 0.476 e. The summed E-state index contributed by atoms with van der Waals surface area (Å²) in [5.74, 6) is -0.617. The number of piperazine rings is 1. The van der Waals surface area contributed by atoms with Crippen LogP contribution in [0.15, 0.2) is 48.5 Å². The van der Waals surface area contributed by atoms with Gasteiger partial charge in [-0.05, 0) is 68.3 Å². The lowest BCUT2D eigenvalue weighted by Gasteiger charge is -2.57. The SMILES string of the molecule is Cc1cc([C@@H](C)Nc2ccc(Cl)nc2C(=O)O)c2nc(N3C4CC3CN(c3ccc(C#N)cc3)C4)c(C#N)nc2c1. The Morgan fingerprint density at radius 2 is 1.80 bits per heavy atom. The number of rotatable bonds is 6. The molecule has 2 bridgehead atoms. The molecule has 3 fully saturated rings. The first kappa shape index (κ1) is 26.3. The van der Waals surface area contributed by atoms with Crippen LogP contribution in [-0.4, -0.2) is 51.2 Å². The van der Waals surface area contributed by atoms with Gasteiger partial charge in [0.2, 0.25) is 0 Å². The maximum Gasteiger partial charge on any atom is 0.356 e. The van der Waals surface area contributed by atoms with Gasteiger partial charge in [0.25, 0.3) is 0 Å². The van der Waals surface area contributed by atoms with Crippen LogP contribution in [0.4, 0.5) is 17.2 Å². The van der Waals surface area contributed by atoms with Crippen molar-refractivity contribution in [2.75, 3.05) is 28.2 Å². The van der Waals surface area contributed by atoms with E-state index in [4.69, 9.17) is 26.8 Å². The Kier molecular flexibility index (Phi) is 6.56. The number of nitrogens with zero attached hydrogens (tertiary/aromatic N) is 7. The van der Waals surface area contributed by atoms with Crippen LogP contribution in [0, 0.1) is 29.6 Å². The van der Waals surface area contributed by atoms with Gasteiger partial charge in [0.1, 0.15) is 11.2 Å². The fourth-order valence-electron chi connectivity index (χ4n) is 5.85. The number of pyridine rings is 1. The number of nitriles is 2. The lowest BCUT2D eigenvalue weighted by Crippen LogP contribution is -2.69. The topological polar surface area (TPSA) is 142 Å². The lowest BCUT2D eigenvalue weighted by atomic mass is 9.86. The molecule has 4 aromatic rings. The van der Waals surface area contributed by atoms with Crippen LogP contribution in [0.5, 0.6) is 0 Å². The number of hydrogen-bond donors (Lipinski definition) is 2. The van der Waals surface area contributed by atoms with Crippen molar-refractivity contribution >= 4 is 45.8 Å². The fourth-order valence-corrected chi connectivity index (χ4v) is 6.00. The molecule has 11 heteroatoms. The van der Waals surface area contributed by atoms with Crippen molar-refractivity contribution in [1.82, 2.24) is 15.0 Å². The van der Waals surface area contributed by atoms with E-state index in [1.807, 2.05) is 50.2 Å². The molecule has 3 atom stereocenters. The number of aromatic carboxylic acids is 1. The number of halogens is 1. The van der Waals surface area contributed by atoms with Crippen LogP contribution >= 0.6 is 11.6 Å². The molecule has 10 nitrogen and oxygen atoms in total. The molecule has 3 aliphatic rings. The van der Waals surface area contributed by atoms with Crippen LogP contribution < -0.4 is 15.1 Å². The van der Waals surface area contributed by atoms with Crippen LogP contribution in [0.1, 0.15) is 52.3 Å². The molecule has 2 N–H and O–H groups in total. The van der Waals surface area contributed by atoms with Crippen molar-refractivity contribution in [3.8, 4) is 12.1 Å². The monoisotopic (exact) mass is 564 g/mol. The van der Waals surface area contributed by atoms with Crippen molar-refractivity contribution in [1.29, 1.82) is 10.5 Å². The second-order valence-corrected chi connectivity index (χ2v) is 10.8. The number of anilines is 3. The third kappa shape index (κ3) is 4.73. The summed E-state index contributed by atoms with van der Waals surface area (Å²) in [7, 11) is 0. The zero-order valence-electron chi connectivity index (χ0n) is 22.3. The Labute approximate surface area is 241 Å². The molecule has 0 spiro atoms. The highest BCUT2D eigenvalue weighted by Gasteiger charge is 2.46. The van der Waals surface area contributed by atoms with Crippen molar-refractivity contribution in [2.24, 2.45) is 0 Å². The number of nitrogens with one attached hydrogen (secondary N) is 1. The van der Waals surface area contributed by atoms with Crippen LogP contribution in [-0.2, 0) is 0 Å². The van der Waals surface area contributed by atoms with E-state index in [1.54, 1.807) is 6.07 Å². The van der Waals surface area contributed by atoms with Crippen LogP contribution in [0.25, 0.3) is 11.0 Å². The Hall–Kier alpha value is -4.93. The summed E-state index contributed by atoms with van der Waals surface area (Å²) in [6, 6.07) is 19.0. The number of carboxylic acid groups (broad SMARTS) is 1. The van der Waals surface area contributed by atoms with Gasteiger partial charge < -0.3 is 20.2 Å². The summed E-state index contributed by atoms with van der Waals surface area (Å²) in [6.45, 7) is 5.41. The molecule has 7 rings (SSSR count). The predicted octanol–water partition coefficient (Wildman–Crippen LogP) is 5.07. The summed E-state index contributed by atoms with van der Waals surface area (Å²) in [5.41, 5.74) is 5.18. The normalized spacial score (nSPS) is 18.3. The second-order valence-electron chi connectivity index (χ2n) is 10.4. The van der Waals surface area contributed by atoms with Crippen LogP contribution in [0.2, 0.25) is 5.15 Å². The minimum atomic E-state index is -1.18. The van der Waals surface area contributed by atoms with Crippen molar-refractivity contribution in [3.63, 3.8) is 0 Å². The summed E-state index contributed by atoms with van der Waals surface area (Å²) in [4.78, 5) is 30.0. The number of aryl methyl sites for hydroxylation is 1. The summed E-state index contributed by atoms with van der Waals surface area (Å²) >= 11 is 5.94. The number of carboxylic acids is 1. The molecule has 0 saturated carbocycles. The number of piperidine rings is 1. The van der Waals surface area contributed by atoms with E-state index in [0.717, 1.165) is 36.3 Å². The van der Waals surface area contributed by atoms with E-state index in [1.165, 1.54) is 6.07 Å². The van der Waals surface area contributed by atoms with E-state index in [2.05, 4.69) is 32.2 Å². The fraction of sp³-hybridized carbons (Fsp3) is 0.267. The smallest absolute Gasteiger partial charge is 0.356 e. The number of benzene rings is 2. The lowest BCUT2D eigenvalue weighted by molar-refractivity contribution is 0.0691. The van der Waals surface area contributed by atoms with E-state index in [9.17, 15) is 15.2 Å². The zero-order valence-corrected chi connectivity index (χ0v) is 23.1. The van der Waals surface area contributed by atoms with Gasteiger partial charge in [-0.3, -0.25) is 0 Å². The average molecular weight is 565 g/mol. The van der Waals surface area contributed by atoms with Gasteiger partial charge >= 0.3 is 5.97 Å². The standard InChI is InChI=1S/C30H25ClN8O2/c1-16-9-22(17(2)34-23-7-8-26(31)36-28(23)30(40)41)27-24(10-16)35-25(13-33)29(37-27)39-20-11-21(39)15-38(14-20)19-5-3-18(12-32)4-6-19/h3-10,17,20-21,34H,11,14-15H2,1-2H3,(H,40,41)/t17-,20?,21?/m1/s1. The first-order chi connectivity index (χ1) is 19.7. The Balaban J connectivity index is 1.34. The van der Waals surface area contributed by atoms with Crippen molar-refractivity contribution in [3.05, 3.63) is 81.8 Å². The van der Waals surface area contributed by atoms with Crippen LogP contribution in [0.3, 0.4) is 0 Å². The molecule has 204 valence electrons. The maximum atomic E-state index is 11.8. The van der Waals surface area contributed by atoms with Gasteiger partial charge in [0.15, 0.2) is 17.2 Å². The van der Waals surface area contributed by atoms with Crippen molar-refractivity contribution < 1.29 is 9.90 Å². The number of carbonyl (C=O) groups is 1. The third-order valence-corrected chi connectivity index (χ3v) is 7.94. The quantitative estimate of drug-likeness (QED) is 0.305. The number of aromatic nitrogens is 3. The number of fused-ring (bicyclic) bond motifs is 3. The summed E-state index contributed by atoms with van der Waals surface area (Å²) < 4.78 is 0. The van der Waals surface area contributed by atoms with E-state index < -0.39 is 5.97 Å². The zero-order chi connectivity index (χ0) is 28.8. The highest BCUT2D eigenvalue weighted by Crippen LogP contribution is 2.40.